The van der Waals surface area contributed by atoms with E-state index in [1.54, 1.807) is 0 Å². The van der Waals surface area contributed by atoms with E-state index in [0.717, 1.165) is 52.7 Å². The van der Waals surface area contributed by atoms with Crippen LogP contribution in [0, 0.1) is 6.92 Å². The quantitative estimate of drug-likeness (QED) is 0.259. The molecule has 0 radical (unpaired) electrons. The topological polar surface area (TPSA) is 34.1 Å². The van der Waals surface area contributed by atoms with E-state index in [0.29, 0.717) is 5.56 Å². The Bertz CT molecular complexity index is 1230. The second-order valence-corrected chi connectivity index (χ2v) is 9.90. The van der Waals surface area contributed by atoms with E-state index < -0.39 is 5.92 Å². The molecule has 0 bridgehead atoms. The van der Waals surface area contributed by atoms with Crippen LogP contribution in [0.15, 0.2) is 73.3 Å². The molecule has 0 saturated heterocycles. The minimum atomic E-state index is -0.720. The Kier molecular flexibility index (Phi) is 6.97. The summed E-state index contributed by atoms with van der Waals surface area (Å²) in [5.74, 6) is -0.754. The predicted octanol–water partition coefficient (Wildman–Crippen LogP) is 7.81. The van der Waals surface area contributed by atoms with Crippen LogP contribution in [-0.2, 0) is 11.2 Å². The number of aryl methyl sites for hydroxylation is 1. The van der Waals surface area contributed by atoms with E-state index in [1.165, 1.54) is 5.56 Å². The van der Waals surface area contributed by atoms with Crippen molar-refractivity contribution in [1.29, 1.82) is 0 Å². The lowest BCUT2D eigenvalue weighted by Crippen LogP contribution is -2.21. The number of ketones is 2. The highest BCUT2D eigenvalue weighted by Crippen LogP contribution is 2.44. The number of benzene rings is 3. The third kappa shape index (κ3) is 4.55. The molecule has 2 atom stereocenters. The summed E-state index contributed by atoms with van der Waals surface area (Å²) < 4.78 is 0. The third-order valence-electron chi connectivity index (χ3n) is 7.01. The van der Waals surface area contributed by atoms with Crippen molar-refractivity contribution in [3.05, 3.63) is 112 Å². The summed E-state index contributed by atoms with van der Waals surface area (Å²) in [6, 6.07) is 22.5. The van der Waals surface area contributed by atoms with Crippen molar-refractivity contribution in [2.24, 2.45) is 0 Å². The lowest BCUT2D eigenvalue weighted by atomic mass is 9.85. The molecule has 2 unspecified atom stereocenters. The lowest BCUT2D eigenvalue weighted by molar-refractivity contribution is -0.120. The van der Waals surface area contributed by atoms with Gasteiger partial charge in [0.25, 0.3) is 0 Å². The Labute approximate surface area is 203 Å². The third-order valence-corrected chi connectivity index (χ3v) is 7.01. The van der Waals surface area contributed by atoms with Gasteiger partial charge in [-0.3, -0.25) is 9.59 Å². The van der Waals surface area contributed by atoms with Crippen LogP contribution in [0.5, 0.6) is 0 Å². The predicted molar refractivity (Wildman–Crippen MR) is 141 cm³/mol. The summed E-state index contributed by atoms with van der Waals surface area (Å²) in [5, 5.41) is 0. The molecule has 0 amide bonds. The highest BCUT2D eigenvalue weighted by atomic mass is 16.2. The number of hydrogen-bond donors (Lipinski definition) is 0. The van der Waals surface area contributed by atoms with Crippen LogP contribution in [0.2, 0.25) is 0 Å². The van der Waals surface area contributed by atoms with Gasteiger partial charge >= 0.3 is 0 Å². The summed E-state index contributed by atoms with van der Waals surface area (Å²) in [5.41, 5.74) is 7.90. The van der Waals surface area contributed by atoms with E-state index >= 15 is 0 Å². The number of hydrogen-bond acceptors (Lipinski definition) is 2. The fourth-order valence-electron chi connectivity index (χ4n) is 5.21. The SMILES string of the molecule is C=C(Cc1ccccc1)c1ccc2c(c1)C(CCC)C(=O)C2C(=O)c1cc(C)ccc1C(C)C. The van der Waals surface area contributed by atoms with Gasteiger partial charge in [0.2, 0.25) is 0 Å². The number of rotatable bonds is 8. The number of allylic oxidation sites excluding steroid dienone is 1. The minimum Gasteiger partial charge on any atom is -0.298 e. The second kappa shape index (κ2) is 9.93. The van der Waals surface area contributed by atoms with E-state index in [1.807, 2.05) is 55.5 Å². The monoisotopic (exact) mass is 450 g/mol. The number of fused-ring (bicyclic) bond motifs is 1. The molecule has 1 aliphatic rings. The summed E-state index contributed by atoms with van der Waals surface area (Å²) in [7, 11) is 0. The molecule has 2 nitrogen and oxygen atoms in total. The largest absolute Gasteiger partial charge is 0.298 e. The highest BCUT2D eigenvalue weighted by molar-refractivity contribution is 6.19. The zero-order valence-corrected chi connectivity index (χ0v) is 20.7. The molecule has 1 aliphatic carbocycles. The van der Waals surface area contributed by atoms with Crippen LogP contribution in [0.1, 0.15) is 95.1 Å². The maximum Gasteiger partial charge on any atom is 0.178 e. The number of carbonyl (C=O) groups excluding carboxylic acids is 2. The van der Waals surface area contributed by atoms with Crippen LogP contribution >= 0.6 is 0 Å². The first-order valence-corrected chi connectivity index (χ1v) is 12.4. The van der Waals surface area contributed by atoms with Gasteiger partial charge in [-0.05, 0) is 65.1 Å². The fourth-order valence-corrected chi connectivity index (χ4v) is 5.21. The van der Waals surface area contributed by atoms with Crippen LogP contribution < -0.4 is 0 Å². The van der Waals surface area contributed by atoms with Crippen molar-refractivity contribution in [2.75, 3.05) is 0 Å². The fraction of sp³-hybridized carbons (Fsp3) is 0.312. The molecule has 0 aromatic heterocycles. The molecule has 34 heavy (non-hydrogen) atoms. The van der Waals surface area contributed by atoms with Gasteiger partial charge in [0, 0.05) is 11.5 Å². The van der Waals surface area contributed by atoms with Crippen molar-refractivity contribution in [3.8, 4) is 0 Å². The smallest absolute Gasteiger partial charge is 0.178 e. The molecular weight excluding hydrogens is 416 g/mol. The first-order valence-electron chi connectivity index (χ1n) is 12.4. The summed E-state index contributed by atoms with van der Waals surface area (Å²) in [6.45, 7) is 12.6. The van der Waals surface area contributed by atoms with Crippen LogP contribution in [0.25, 0.3) is 5.57 Å². The average molecular weight is 451 g/mol. The van der Waals surface area contributed by atoms with Crippen molar-refractivity contribution in [2.45, 2.75) is 64.7 Å². The van der Waals surface area contributed by atoms with Gasteiger partial charge in [0.1, 0.15) is 5.92 Å². The Morgan fingerprint density at radius 2 is 1.71 bits per heavy atom. The minimum absolute atomic E-state index is 0.0453. The van der Waals surface area contributed by atoms with Crippen molar-refractivity contribution in [3.63, 3.8) is 0 Å². The molecule has 2 heteroatoms. The Balaban J connectivity index is 1.73. The maximum absolute atomic E-state index is 13.9. The Morgan fingerprint density at radius 3 is 2.38 bits per heavy atom. The van der Waals surface area contributed by atoms with E-state index in [2.05, 4.69) is 45.5 Å². The van der Waals surface area contributed by atoms with E-state index in [9.17, 15) is 9.59 Å². The zero-order chi connectivity index (χ0) is 24.4. The first kappa shape index (κ1) is 23.9. The normalized spacial score (nSPS) is 17.1. The molecule has 3 aromatic carbocycles. The van der Waals surface area contributed by atoms with E-state index in [-0.39, 0.29) is 23.4 Å². The van der Waals surface area contributed by atoms with Gasteiger partial charge in [0.15, 0.2) is 11.6 Å². The molecule has 3 aromatic rings. The van der Waals surface area contributed by atoms with Crippen LogP contribution in [-0.4, -0.2) is 11.6 Å². The standard InChI is InChI=1S/C32H34O2/c1-6-10-27-28-19-24(22(5)18-23-11-8-7-9-12-23)14-16-26(28)30(31(27)33)32(34)29-17-21(4)13-15-25(29)20(2)3/h7-9,11-17,19-20,27,30H,5-6,10,18H2,1-4H3. The van der Waals surface area contributed by atoms with Gasteiger partial charge < -0.3 is 0 Å². The van der Waals surface area contributed by atoms with Gasteiger partial charge in [-0.25, -0.2) is 0 Å². The van der Waals surface area contributed by atoms with Gasteiger partial charge in [0.05, 0.1) is 0 Å². The van der Waals surface area contributed by atoms with Crippen LogP contribution in [0.4, 0.5) is 0 Å². The van der Waals surface area contributed by atoms with Gasteiger partial charge in [-0.2, -0.15) is 0 Å². The first-order chi connectivity index (χ1) is 16.3. The van der Waals surface area contributed by atoms with Crippen molar-refractivity contribution in [1.82, 2.24) is 0 Å². The zero-order valence-electron chi connectivity index (χ0n) is 20.7. The van der Waals surface area contributed by atoms with Gasteiger partial charge in [-0.15, -0.1) is 0 Å². The van der Waals surface area contributed by atoms with Gasteiger partial charge in [-0.1, -0.05) is 100.0 Å². The van der Waals surface area contributed by atoms with E-state index in [4.69, 9.17) is 0 Å². The summed E-state index contributed by atoms with van der Waals surface area (Å²) in [6.07, 6.45) is 2.41. The molecule has 0 heterocycles. The lowest BCUT2D eigenvalue weighted by Gasteiger charge is -2.17. The van der Waals surface area contributed by atoms with Crippen molar-refractivity contribution >= 4 is 17.1 Å². The second-order valence-electron chi connectivity index (χ2n) is 9.90. The maximum atomic E-state index is 13.9. The van der Waals surface area contributed by atoms with Crippen molar-refractivity contribution < 1.29 is 9.59 Å². The molecule has 0 N–H and O–H groups in total. The molecule has 174 valence electrons. The summed E-state index contributed by atoms with van der Waals surface area (Å²) >= 11 is 0. The Morgan fingerprint density at radius 1 is 0.971 bits per heavy atom. The molecule has 0 fully saturated rings. The highest BCUT2D eigenvalue weighted by Gasteiger charge is 2.43. The molecule has 0 spiro atoms. The number of carbonyl (C=O) groups is 2. The summed E-state index contributed by atoms with van der Waals surface area (Å²) in [4.78, 5) is 27.5. The number of Topliss-reactive ketones (excluding diaryl/α,β-unsaturated/α-hetero) is 2. The molecule has 0 aliphatic heterocycles. The Hall–Kier alpha value is -3.26. The average Bonchev–Trinajstić information content (AvgIpc) is 3.10. The molecular formula is C32H34O2. The van der Waals surface area contributed by atoms with Crippen LogP contribution in [0.3, 0.4) is 0 Å². The molecule has 4 rings (SSSR count). The molecule has 0 saturated carbocycles.